The van der Waals surface area contributed by atoms with Crippen molar-refractivity contribution < 1.29 is 14.3 Å². The van der Waals surface area contributed by atoms with Gasteiger partial charge < -0.3 is 10.1 Å². The van der Waals surface area contributed by atoms with Crippen molar-refractivity contribution in [1.29, 1.82) is 0 Å². The van der Waals surface area contributed by atoms with E-state index in [1.165, 1.54) is 0 Å². The fourth-order valence-corrected chi connectivity index (χ4v) is 2.53. The molecule has 0 spiro atoms. The van der Waals surface area contributed by atoms with Gasteiger partial charge in [-0.15, -0.1) is 0 Å². The van der Waals surface area contributed by atoms with E-state index < -0.39 is 0 Å². The molecule has 0 fully saturated rings. The Morgan fingerprint density at radius 1 is 0.893 bits per heavy atom. The van der Waals surface area contributed by atoms with E-state index in [-0.39, 0.29) is 18.3 Å². The molecule has 140 valence electrons. The minimum atomic E-state index is -0.241. The van der Waals surface area contributed by atoms with Crippen LogP contribution in [0.1, 0.15) is 21.5 Å². The second kappa shape index (κ2) is 9.33. The number of carbonyl (C=O) groups is 2. The van der Waals surface area contributed by atoms with Crippen molar-refractivity contribution in [2.45, 2.75) is 6.92 Å². The number of aryl methyl sites for hydroxylation is 1. The summed E-state index contributed by atoms with van der Waals surface area (Å²) >= 11 is 0. The van der Waals surface area contributed by atoms with Crippen LogP contribution in [0.25, 0.3) is 6.08 Å². The van der Waals surface area contributed by atoms with Gasteiger partial charge in [0.15, 0.2) is 12.4 Å². The molecule has 3 rings (SSSR count). The number of ether oxygens (including phenoxy) is 1. The molecule has 0 radical (unpaired) electrons. The van der Waals surface area contributed by atoms with Gasteiger partial charge in [-0.05, 0) is 55.0 Å². The van der Waals surface area contributed by atoms with E-state index in [1.54, 1.807) is 36.4 Å². The van der Waals surface area contributed by atoms with Crippen LogP contribution in [0.2, 0.25) is 0 Å². The van der Waals surface area contributed by atoms with Crippen LogP contribution in [-0.4, -0.2) is 18.3 Å². The van der Waals surface area contributed by atoms with E-state index in [0.29, 0.717) is 11.3 Å². The lowest BCUT2D eigenvalue weighted by Gasteiger charge is -2.08. The average Bonchev–Trinajstić information content (AvgIpc) is 2.73. The molecule has 0 aliphatic carbocycles. The Balaban J connectivity index is 1.51. The summed E-state index contributed by atoms with van der Waals surface area (Å²) in [7, 11) is 0. The first-order chi connectivity index (χ1) is 13.6. The minimum Gasteiger partial charge on any atom is -0.484 e. The largest absolute Gasteiger partial charge is 0.484 e. The van der Waals surface area contributed by atoms with Gasteiger partial charge in [-0.3, -0.25) is 9.59 Å². The van der Waals surface area contributed by atoms with Gasteiger partial charge in [0.05, 0.1) is 0 Å². The third-order valence-electron chi connectivity index (χ3n) is 4.07. The van der Waals surface area contributed by atoms with E-state index in [0.717, 1.165) is 16.8 Å². The molecule has 0 bridgehead atoms. The molecule has 3 aromatic carbocycles. The third kappa shape index (κ3) is 5.68. The highest BCUT2D eigenvalue weighted by atomic mass is 16.5. The van der Waals surface area contributed by atoms with Gasteiger partial charge in [-0.1, -0.05) is 54.1 Å². The maximum Gasteiger partial charge on any atom is 0.262 e. The van der Waals surface area contributed by atoms with Crippen LogP contribution in [0.5, 0.6) is 5.75 Å². The van der Waals surface area contributed by atoms with Crippen molar-refractivity contribution in [3.8, 4) is 5.75 Å². The smallest absolute Gasteiger partial charge is 0.262 e. The standard InChI is InChI=1S/C24H21NO3/c1-18-7-12-21(13-8-18)25-24(27)17-28-22-14-10-20(11-15-22)23(26)16-9-19-5-3-2-4-6-19/h2-16H,17H2,1H3,(H,25,27)/b16-9+. The molecule has 0 saturated carbocycles. The Labute approximate surface area is 164 Å². The molecule has 0 heterocycles. The number of nitrogens with one attached hydrogen (secondary N) is 1. The van der Waals surface area contributed by atoms with Crippen molar-refractivity contribution in [2.24, 2.45) is 0 Å². The lowest BCUT2D eigenvalue weighted by atomic mass is 10.1. The van der Waals surface area contributed by atoms with Crippen LogP contribution in [0.15, 0.2) is 84.9 Å². The zero-order valence-corrected chi connectivity index (χ0v) is 15.6. The normalized spacial score (nSPS) is 10.6. The molecule has 28 heavy (non-hydrogen) atoms. The molecular formula is C24H21NO3. The molecule has 1 amide bonds. The molecular weight excluding hydrogens is 350 g/mol. The number of benzene rings is 3. The third-order valence-corrected chi connectivity index (χ3v) is 4.07. The van der Waals surface area contributed by atoms with Crippen LogP contribution in [0, 0.1) is 6.92 Å². The molecule has 3 aromatic rings. The van der Waals surface area contributed by atoms with Gasteiger partial charge >= 0.3 is 0 Å². The molecule has 4 heteroatoms. The quantitative estimate of drug-likeness (QED) is 0.474. The van der Waals surface area contributed by atoms with Crippen molar-refractivity contribution in [1.82, 2.24) is 0 Å². The number of anilines is 1. The predicted octanol–water partition coefficient (Wildman–Crippen LogP) is 4.91. The van der Waals surface area contributed by atoms with Crippen molar-refractivity contribution >= 4 is 23.5 Å². The summed E-state index contributed by atoms with van der Waals surface area (Å²) in [5.74, 6) is 0.199. The summed E-state index contributed by atoms with van der Waals surface area (Å²) in [6.07, 6.45) is 3.32. The Kier molecular flexibility index (Phi) is 6.37. The predicted molar refractivity (Wildman–Crippen MR) is 112 cm³/mol. The number of allylic oxidation sites excluding steroid dienone is 1. The van der Waals surface area contributed by atoms with Gasteiger partial charge in [-0.2, -0.15) is 0 Å². The Hall–Kier alpha value is -3.66. The van der Waals surface area contributed by atoms with Crippen LogP contribution < -0.4 is 10.1 Å². The zero-order valence-electron chi connectivity index (χ0n) is 15.6. The van der Waals surface area contributed by atoms with Gasteiger partial charge in [0.2, 0.25) is 0 Å². The fourth-order valence-electron chi connectivity index (χ4n) is 2.53. The molecule has 0 aliphatic heterocycles. The topological polar surface area (TPSA) is 55.4 Å². The molecule has 4 nitrogen and oxygen atoms in total. The first kappa shape index (κ1) is 19.1. The first-order valence-electron chi connectivity index (χ1n) is 8.97. The number of rotatable bonds is 7. The molecule has 0 atom stereocenters. The lowest BCUT2D eigenvalue weighted by molar-refractivity contribution is -0.118. The van der Waals surface area contributed by atoms with Crippen molar-refractivity contribution in [2.75, 3.05) is 11.9 Å². The Bertz CT molecular complexity index is 959. The van der Waals surface area contributed by atoms with Crippen LogP contribution in [-0.2, 0) is 4.79 Å². The van der Waals surface area contributed by atoms with E-state index in [4.69, 9.17) is 4.74 Å². The molecule has 0 saturated heterocycles. The van der Waals surface area contributed by atoms with Crippen LogP contribution in [0.4, 0.5) is 5.69 Å². The number of hydrogen-bond acceptors (Lipinski definition) is 3. The highest BCUT2D eigenvalue weighted by Gasteiger charge is 2.06. The second-order valence-corrected chi connectivity index (χ2v) is 6.34. The van der Waals surface area contributed by atoms with Crippen molar-refractivity contribution in [3.63, 3.8) is 0 Å². The van der Waals surface area contributed by atoms with Crippen LogP contribution >= 0.6 is 0 Å². The summed E-state index contributed by atoms with van der Waals surface area (Å²) in [4.78, 5) is 24.2. The monoisotopic (exact) mass is 371 g/mol. The summed E-state index contributed by atoms with van der Waals surface area (Å²) < 4.78 is 5.49. The first-order valence-corrected chi connectivity index (χ1v) is 8.97. The minimum absolute atomic E-state index is 0.0903. The average molecular weight is 371 g/mol. The van der Waals surface area contributed by atoms with Gasteiger partial charge in [0, 0.05) is 11.3 Å². The van der Waals surface area contributed by atoms with E-state index >= 15 is 0 Å². The Morgan fingerprint density at radius 3 is 2.25 bits per heavy atom. The van der Waals surface area contributed by atoms with Gasteiger partial charge in [0.1, 0.15) is 5.75 Å². The number of amides is 1. The molecule has 0 unspecified atom stereocenters. The second-order valence-electron chi connectivity index (χ2n) is 6.34. The summed E-state index contributed by atoms with van der Waals surface area (Å²) in [5, 5.41) is 2.77. The lowest BCUT2D eigenvalue weighted by Crippen LogP contribution is -2.20. The molecule has 0 aromatic heterocycles. The zero-order chi connectivity index (χ0) is 19.8. The van der Waals surface area contributed by atoms with Gasteiger partial charge in [0.25, 0.3) is 5.91 Å². The van der Waals surface area contributed by atoms with E-state index in [2.05, 4.69) is 5.32 Å². The number of ketones is 1. The van der Waals surface area contributed by atoms with E-state index in [1.807, 2.05) is 61.5 Å². The molecule has 1 N–H and O–H groups in total. The maximum atomic E-state index is 12.2. The SMILES string of the molecule is Cc1ccc(NC(=O)COc2ccc(C(=O)/C=C/c3ccccc3)cc2)cc1. The highest BCUT2D eigenvalue weighted by Crippen LogP contribution is 2.14. The fraction of sp³-hybridized carbons (Fsp3) is 0.0833. The summed E-state index contributed by atoms with van der Waals surface area (Å²) in [5.41, 5.74) is 3.38. The maximum absolute atomic E-state index is 12.2. The van der Waals surface area contributed by atoms with Crippen LogP contribution in [0.3, 0.4) is 0 Å². The highest BCUT2D eigenvalue weighted by molar-refractivity contribution is 6.06. The number of hydrogen-bond donors (Lipinski definition) is 1. The van der Waals surface area contributed by atoms with Crippen molar-refractivity contribution in [3.05, 3.63) is 102 Å². The number of carbonyl (C=O) groups excluding carboxylic acids is 2. The summed E-state index contributed by atoms with van der Waals surface area (Å²) in [6, 6.07) is 23.9. The summed E-state index contributed by atoms with van der Waals surface area (Å²) in [6.45, 7) is 1.88. The Morgan fingerprint density at radius 2 is 1.57 bits per heavy atom. The van der Waals surface area contributed by atoms with E-state index in [9.17, 15) is 9.59 Å². The molecule has 0 aliphatic rings. The van der Waals surface area contributed by atoms with Gasteiger partial charge in [-0.25, -0.2) is 0 Å².